The third kappa shape index (κ3) is 2.10. The van der Waals surface area contributed by atoms with Crippen LogP contribution in [0.3, 0.4) is 0 Å². The molecule has 104 valence electrons. The molecule has 20 heavy (non-hydrogen) atoms. The molecule has 0 unspecified atom stereocenters. The van der Waals surface area contributed by atoms with Crippen molar-refractivity contribution in [3.63, 3.8) is 0 Å². The van der Waals surface area contributed by atoms with Crippen molar-refractivity contribution in [1.82, 2.24) is 0 Å². The van der Waals surface area contributed by atoms with Gasteiger partial charge in [-0.2, -0.15) is 10.2 Å². The van der Waals surface area contributed by atoms with Crippen LogP contribution >= 0.6 is 34.8 Å². The Morgan fingerprint density at radius 2 is 1.85 bits per heavy atom. The van der Waals surface area contributed by atoms with Gasteiger partial charge >= 0.3 is 0 Å². The number of hydrogen-bond donors (Lipinski definition) is 0. The molecule has 2 aliphatic heterocycles. The molecule has 0 bridgehead atoms. The fourth-order valence-electron chi connectivity index (χ4n) is 2.43. The van der Waals surface area contributed by atoms with Gasteiger partial charge in [0.25, 0.3) is 5.91 Å². The van der Waals surface area contributed by atoms with E-state index in [4.69, 9.17) is 34.8 Å². The molecular formula is C12H8Cl3N3O2. The zero-order valence-electron chi connectivity index (χ0n) is 10.0. The minimum absolute atomic E-state index is 0.0390. The highest BCUT2D eigenvalue weighted by atomic mass is 35.5. The average Bonchev–Trinajstić information content (AvgIpc) is 2.80. The number of imide groups is 1. The van der Waals surface area contributed by atoms with Gasteiger partial charge in [0.15, 0.2) is 5.54 Å². The molecule has 1 fully saturated rings. The number of azo groups is 1. The van der Waals surface area contributed by atoms with Gasteiger partial charge in [0, 0.05) is 16.5 Å². The van der Waals surface area contributed by atoms with Gasteiger partial charge in [-0.1, -0.05) is 34.8 Å². The van der Waals surface area contributed by atoms with Crippen LogP contribution in [0.1, 0.15) is 12.8 Å². The highest BCUT2D eigenvalue weighted by Crippen LogP contribution is 2.41. The van der Waals surface area contributed by atoms with E-state index in [1.54, 1.807) is 0 Å². The molecule has 0 N–H and O–H groups in total. The van der Waals surface area contributed by atoms with Crippen molar-refractivity contribution in [3.05, 3.63) is 28.2 Å². The van der Waals surface area contributed by atoms with Crippen LogP contribution in [-0.4, -0.2) is 22.9 Å². The lowest BCUT2D eigenvalue weighted by Gasteiger charge is -2.18. The molecule has 2 aliphatic rings. The van der Waals surface area contributed by atoms with Crippen molar-refractivity contribution in [2.45, 2.75) is 23.9 Å². The van der Waals surface area contributed by atoms with E-state index in [1.807, 2.05) is 0 Å². The lowest BCUT2D eigenvalue weighted by Crippen LogP contribution is -2.38. The molecule has 0 radical (unpaired) electrons. The topological polar surface area (TPSA) is 62.1 Å². The Morgan fingerprint density at radius 1 is 1.20 bits per heavy atom. The fraction of sp³-hybridized carbons (Fsp3) is 0.333. The van der Waals surface area contributed by atoms with E-state index in [-0.39, 0.29) is 18.7 Å². The number of rotatable bonds is 1. The van der Waals surface area contributed by atoms with Gasteiger partial charge in [0.1, 0.15) is 5.50 Å². The Kier molecular flexibility index (Phi) is 3.23. The van der Waals surface area contributed by atoms with Gasteiger partial charge in [0.2, 0.25) is 5.91 Å². The van der Waals surface area contributed by atoms with E-state index in [0.717, 1.165) is 4.90 Å². The minimum Gasteiger partial charge on any atom is -0.274 e. The van der Waals surface area contributed by atoms with E-state index in [2.05, 4.69) is 10.2 Å². The molecule has 5 nitrogen and oxygen atoms in total. The molecule has 2 heterocycles. The Labute approximate surface area is 129 Å². The van der Waals surface area contributed by atoms with E-state index < -0.39 is 16.9 Å². The van der Waals surface area contributed by atoms with Gasteiger partial charge in [0.05, 0.1) is 12.1 Å². The number of alkyl halides is 1. The van der Waals surface area contributed by atoms with Crippen molar-refractivity contribution >= 4 is 52.3 Å². The lowest BCUT2D eigenvalue weighted by molar-refractivity contribution is -0.122. The van der Waals surface area contributed by atoms with Crippen LogP contribution in [0.25, 0.3) is 0 Å². The fourth-order valence-corrected chi connectivity index (χ4v) is 3.24. The number of halogens is 3. The first kappa shape index (κ1) is 13.8. The molecule has 2 atom stereocenters. The molecule has 3 rings (SSSR count). The summed E-state index contributed by atoms with van der Waals surface area (Å²) in [4.78, 5) is 25.7. The summed E-state index contributed by atoms with van der Waals surface area (Å²) >= 11 is 17.7. The maximum atomic E-state index is 12.5. The molecule has 2 amide bonds. The zero-order chi connectivity index (χ0) is 14.5. The van der Waals surface area contributed by atoms with Gasteiger partial charge < -0.3 is 0 Å². The van der Waals surface area contributed by atoms with Crippen molar-refractivity contribution in [1.29, 1.82) is 0 Å². The van der Waals surface area contributed by atoms with Crippen molar-refractivity contribution in [2.75, 3.05) is 4.90 Å². The number of carbonyl (C=O) groups is 2. The van der Waals surface area contributed by atoms with Gasteiger partial charge in [-0.3, -0.25) is 9.59 Å². The van der Waals surface area contributed by atoms with E-state index in [9.17, 15) is 9.59 Å². The van der Waals surface area contributed by atoms with E-state index in [0.29, 0.717) is 15.7 Å². The number of nitrogens with zero attached hydrogens (tertiary/aromatic N) is 3. The summed E-state index contributed by atoms with van der Waals surface area (Å²) in [5, 5.41) is 8.36. The Hall–Kier alpha value is -1.17. The molecule has 1 aromatic carbocycles. The molecule has 1 spiro atoms. The highest BCUT2D eigenvalue weighted by Gasteiger charge is 2.56. The van der Waals surface area contributed by atoms with Crippen LogP contribution < -0.4 is 4.90 Å². The number of anilines is 1. The quantitative estimate of drug-likeness (QED) is 0.449. The lowest BCUT2D eigenvalue weighted by atomic mass is 9.95. The molecule has 0 aromatic heterocycles. The third-order valence-corrected chi connectivity index (χ3v) is 3.96. The smallest absolute Gasteiger partial charge is 0.264 e. The van der Waals surface area contributed by atoms with Crippen molar-refractivity contribution in [3.8, 4) is 0 Å². The molecule has 0 saturated carbocycles. The van der Waals surface area contributed by atoms with Crippen molar-refractivity contribution < 1.29 is 9.59 Å². The van der Waals surface area contributed by atoms with Crippen LogP contribution in [0, 0.1) is 0 Å². The maximum Gasteiger partial charge on any atom is 0.264 e. The normalized spacial score (nSPS) is 28.9. The average molecular weight is 333 g/mol. The van der Waals surface area contributed by atoms with Crippen LogP contribution in [0.4, 0.5) is 5.69 Å². The molecule has 1 saturated heterocycles. The minimum atomic E-state index is -1.17. The van der Waals surface area contributed by atoms with E-state index in [1.165, 1.54) is 18.2 Å². The Morgan fingerprint density at radius 3 is 2.40 bits per heavy atom. The summed E-state index contributed by atoms with van der Waals surface area (Å²) < 4.78 is 0. The predicted molar refractivity (Wildman–Crippen MR) is 75.4 cm³/mol. The second-order valence-corrected chi connectivity index (χ2v) is 6.10. The number of carbonyl (C=O) groups excluding carboxylic acids is 2. The predicted octanol–water partition coefficient (Wildman–Crippen LogP) is 3.42. The molecule has 8 heteroatoms. The van der Waals surface area contributed by atoms with Crippen LogP contribution in [-0.2, 0) is 9.59 Å². The van der Waals surface area contributed by atoms with E-state index >= 15 is 0 Å². The summed E-state index contributed by atoms with van der Waals surface area (Å²) in [6, 6.07) is 4.54. The second-order valence-electron chi connectivity index (χ2n) is 4.72. The van der Waals surface area contributed by atoms with Crippen LogP contribution in [0.15, 0.2) is 28.4 Å². The Balaban J connectivity index is 2.01. The number of hydrogen-bond acceptors (Lipinski definition) is 4. The Bertz CT molecular complexity index is 629. The van der Waals surface area contributed by atoms with Gasteiger partial charge in [-0.25, -0.2) is 4.90 Å². The van der Waals surface area contributed by atoms with Gasteiger partial charge in [-0.15, -0.1) is 0 Å². The molecular weight excluding hydrogens is 325 g/mol. The first-order valence-electron chi connectivity index (χ1n) is 5.81. The largest absolute Gasteiger partial charge is 0.274 e. The second kappa shape index (κ2) is 4.69. The molecule has 1 aromatic rings. The monoisotopic (exact) mass is 331 g/mol. The maximum absolute atomic E-state index is 12.5. The summed E-state index contributed by atoms with van der Waals surface area (Å²) in [5.74, 6) is -0.800. The number of amides is 2. The SMILES string of the molecule is O=C1C[C@@]2(C[C@H](Cl)N=N2)C(=O)N1c1cc(Cl)cc(Cl)c1. The number of benzene rings is 1. The zero-order valence-corrected chi connectivity index (χ0v) is 12.3. The van der Waals surface area contributed by atoms with Gasteiger partial charge in [-0.05, 0) is 18.2 Å². The van der Waals surface area contributed by atoms with Crippen LogP contribution in [0.2, 0.25) is 10.0 Å². The van der Waals surface area contributed by atoms with Crippen molar-refractivity contribution in [2.24, 2.45) is 10.2 Å². The third-order valence-electron chi connectivity index (χ3n) is 3.28. The summed E-state index contributed by atoms with van der Waals surface area (Å²) in [7, 11) is 0. The van der Waals surface area contributed by atoms with Crippen LogP contribution in [0.5, 0.6) is 0 Å². The first-order valence-corrected chi connectivity index (χ1v) is 7.00. The summed E-state index contributed by atoms with van der Waals surface area (Å²) in [5.41, 5.74) is -1.41. The first-order chi connectivity index (χ1) is 9.41. The summed E-state index contributed by atoms with van der Waals surface area (Å²) in [6.07, 6.45) is 0.187. The molecule has 0 aliphatic carbocycles. The standard InChI is InChI=1S/C12H8Cl3N3O2/c13-6-1-7(14)3-8(2-6)18-10(19)5-12(11(18)20)4-9(15)16-17-12/h1-3,9H,4-5H2/t9-,12+/m1/s1. The summed E-state index contributed by atoms with van der Waals surface area (Å²) in [6.45, 7) is 0. The highest BCUT2D eigenvalue weighted by molar-refractivity contribution is 6.36.